The number of hydrogen-bond acceptors (Lipinski definition) is 6. The van der Waals surface area contributed by atoms with Crippen LogP contribution >= 0.6 is 11.8 Å². The number of carbonyl (C=O) groups excluding carboxylic acids is 1. The van der Waals surface area contributed by atoms with E-state index in [2.05, 4.69) is 4.99 Å². The smallest absolute Gasteiger partial charge is 0.258 e. The molecule has 96 valence electrons. The summed E-state index contributed by atoms with van der Waals surface area (Å²) < 4.78 is 10.7. The van der Waals surface area contributed by atoms with E-state index in [-0.39, 0.29) is 6.79 Å². The van der Waals surface area contributed by atoms with Crippen molar-refractivity contribution < 1.29 is 14.3 Å². The first-order valence-electron chi connectivity index (χ1n) is 5.66. The van der Waals surface area contributed by atoms with Gasteiger partial charge in [0.15, 0.2) is 17.3 Å². The Morgan fingerprint density at radius 2 is 2.16 bits per heavy atom. The van der Waals surface area contributed by atoms with E-state index in [1.807, 2.05) is 17.0 Å². The highest BCUT2D eigenvalue weighted by Gasteiger charge is 2.32. The van der Waals surface area contributed by atoms with Gasteiger partial charge in [-0.25, -0.2) is 4.99 Å². The monoisotopic (exact) mass is 275 g/mol. The quantitative estimate of drug-likeness (QED) is 0.827. The van der Waals surface area contributed by atoms with Crippen LogP contribution in [0.15, 0.2) is 27.9 Å². The zero-order chi connectivity index (χ0) is 13.0. The Hall–Kier alpha value is -2.15. The first-order chi connectivity index (χ1) is 9.24. The molecule has 0 unspecified atom stereocenters. The normalized spacial score (nSPS) is 18.6. The van der Waals surface area contributed by atoms with Crippen LogP contribution in [0.3, 0.4) is 0 Å². The van der Waals surface area contributed by atoms with Crippen molar-refractivity contribution in [3.8, 4) is 11.5 Å². The second-order valence-corrected chi connectivity index (χ2v) is 5.20. The molecule has 0 saturated carbocycles. The fourth-order valence-electron chi connectivity index (χ4n) is 2.29. The maximum Gasteiger partial charge on any atom is 0.258 e. The Bertz CT molecular complexity index is 668. The predicted octanol–water partition coefficient (Wildman–Crippen LogP) is 1.01. The molecule has 3 heterocycles. The maximum absolute atomic E-state index is 11.4. The van der Waals surface area contributed by atoms with Gasteiger partial charge in [0.25, 0.3) is 5.91 Å². The molecule has 1 amide bonds. The number of anilines is 1. The van der Waals surface area contributed by atoms with E-state index in [1.54, 1.807) is 6.21 Å². The number of rotatable bonds is 1. The highest BCUT2D eigenvalue weighted by atomic mass is 32.2. The van der Waals surface area contributed by atoms with Crippen LogP contribution in [0.5, 0.6) is 11.5 Å². The Balaban J connectivity index is 1.87. The molecule has 3 aliphatic rings. The number of primary amides is 1. The molecule has 7 heteroatoms. The van der Waals surface area contributed by atoms with Crippen molar-refractivity contribution in [2.45, 2.75) is 0 Å². The second kappa shape index (κ2) is 3.67. The highest BCUT2D eigenvalue weighted by Crippen LogP contribution is 2.44. The topological polar surface area (TPSA) is 77.2 Å². The standard InChI is InChI=1S/C12H9N3O3S/c13-11(16)10-12-14-3-6-1-8-9(18-5-17-8)2-7(6)15(12)4-19-10/h1-3H,4-5H2,(H2,13,16). The fraction of sp³-hybridized carbons (Fsp3) is 0.167. The zero-order valence-electron chi connectivity index (χ0n) is 9.75. The van der Waals surface area contributed by atoms with Crippen molar-refractivity contribution in [2.75, 3.05) is 17.6 Å². The number of hydrogen-bond donors (Lipinski definition) is 1. The molecule has 0 fully saturated rings. The Morgan fingerprint density at radius 1 is 1.37 bits per heavy atom. The van der Waals surface area contributed by atoms with Gasteiger partial charge in [-0.1, -0.05) is 11.8 Å². The van der Waals surface area contributed by atoms with Crippen LogP contribution in [0.25, 0.3) is 0 Å². The van der Waals surface area contributed by atoms with Gasteiger partial charge >= 0.3 is 0 Å². The summed E-state index contributed by atoms with van der Waals surface area (Å²) in [6.45, 7) is 0.235. The van der Waals surface area contributed by atoms with Crippen LogP contribution in [0.2, 0.25) is 0 Å². The minimum absolute atomic E-state index is 0.235. The molecule has 1 aromatic carbocycles. The zero-order valence-corrected chi connectivity index (χ0v) is 10.6. The van der Waals surface area contributed by atoms with Crippen LogP contribution in [-0.4, -0.2) is 24.8 Å². The molecule has 0 aromatic heterocycles. The fourth-order valence-corrected chi connectivity index (χ4v) is 3.24. The molecule has 0 radical (unpaired) electrons. The second-order valence-electron chi connectivity index (χ2n) is 4.24. The van der Waals surface area contributed by atoms with Gasteiger partial charge in [-0.2, -0.15) is 0 Å². The van der Waals surface area contributed by atoms with E-state index in [4.69, 9.17) is 15.2 Å². The van der Waals surface area contributed by atoms with Crippen LogP contribution in [0.1, 0.15) is 5.56 Å². The van der Waals surface area contributed by atoms with Gasteiger partial charge in [-0.05, 0) is 6.07 Å². The van der Waals surface area contributed by atoms with Crippen molar-refractivity contribution in [2.24, 2.45) is 10.7 Å². The van der Waals surface area contributed by atoms with Crippen molar-refractivity contribution >= 4 is 29.6 Å². The van der Waals surface area contributed by atoms with E-state index < -0.39 is 5.91 Å². The first-order valence-corrected chi connectivity index (χ1v) is 6.65. The van der Waals surface area contributed by atoms with E-state index in [0.717, 1.165) is 17.0 Å². The Labute approximate surface area is 112 Å². The number of aliphatic imine (C=N–C) groups is 1. The Kier molecular flexibility index (Phi) is 2.08. The van der Waals surface area contributed by atoms with Gasteiger partial charge in [0.2, 0.25) is 6.79 Å². The summed E-state index contributed by atoms with van der Waals surface area (Å²) in [7, 11) is 0. The molecule has 0 atom stereocenters. The molecule has 2 N–H and O–H groups in total. The van der Waals surface area contributed by atoms with Gasteiger partial charge in [0.1, 0.15) is 4.91 Å². The maximum atomic E-state index is 11.4. The molecule has 0 saturated heterocycles. The van der Waals surface area contributed by atoms with Crippen LogP contribution < -0.4 is 20.1 Å². The summed E-state index contributed by atoms with van der Waals surface area (Å²) >= 11 is 1.40. The van der Waals surface area contributed by atoms with E-state index in [9.17, 15) is 4.79 Å². The van der Waals surface area contributed by atoms with Crippen LogP contribution in [-0.2, 0) is 4.79 Å². The predicted molar refractivity (Wildman–Crippen MR) is 71.3 cm³/mol. The number of amides is 1. The molecule has 3 aliphatic heterocycles. The summed E-state index contributed by atoms with van der Waals surface area (Å²) in [6.07, 6.45) is 1.72. The molecular weight excluding hydrogens is 266 g/mol. The SMILES string of the molecule is NC(=O)C1=C2N=Cc3cc4c(cc3N2CS1)OCO4. The van der Waals surface area contributed by atoms with Gasteiger partial charge in [0, 0.05) is 17.8 Å². The third-order valence-electron chi connectivity index (χ3n) is 3.16. The molecule has 19 heavy (non-hydrogen) atoms. The lowest BCUT2D eigenvalue weighted by Gasteiger charge is -2.24. The van der Waals surface area contributed by atoms with Gasteiger partial charge in [-0.15, -0.1) is 0 Å². The van der Waals surface area contributed by atoms with Crippen molar-refractivity contribution in [1.82, 2.24) is 0 Å². The van der Waals surface area contributed by atoms with Crippen molar-refractivity contribution in [3.63, 3.8) is 0 Å². The third kappa shape index (κ3) is 1.45. The summed E-state index contributed by atoms with van der Waals surface area (Å²) in [6, 6.07) is 3.80. The van der Waals surface area contributed by atoms with Gasteiger partial charge < -0.3 is 20.1 Å². The van der Waals surface area contributed by atoms with E-state index >= 15 is 0 Å². The lowest BCUT2D eigenvalue weighted by atomic mass is 10.1. The summed E-state index contributed by atoms with van der Waals surface area (Å²) in [5.41, 5.74) is 7.25. The molecule has 0 bridgehead atoms. The Morgan fingerprint density at radius 3 is 2.95 bits per heavy atom. The van der Waals surface area contributed by atoms with Crippen LogP contribution in [0.4, 0.5) is 5.69 Å². The molecular formula is C12H9N3O3S. The van der Waals surface area contributed by atoms with Crippen molar-refractivity contribution in [3.05, 3.63) is 28.4 Å². The molecule has 1 aromatic rings. The number of fused-ring (bicyclic) bond motifs is 4. The first kappa shape index (κ1) is 10.7. The molecule has 0 aliphatic carbocycles. The van der Waals surface area contributed by atoms with Gasteiger partial charge in [-0.3, -0.25) is 4.79 Å². The minimum atomic E-state index is -0.441. The average Bonchev–Trinajstić information content (AvgIpc) is 3.01. The average molecular weight is 275 g/mol. The number of ether oxygens (including phenoxy) is 2. The molecule has 0 spiro atoms. The molecule has 4 rings (SSSR count). The summed E-state index contributed by atoms with van der Waals surface area (Å²) in [5, 5.41) is 0. The lowest BCUT2D eigenvalue weighted by molar-refractivity contribution is -0.113. The van der Waals surface area contributed by atoms with E-state index in [0.29, 0.717) is 22.4 Å². The van der Waals surface area contributed by atoms with E-state index in [1.165, 1.54) is 11.8 Å². The van der Waals surface area contributed by atoms with Gasteiger partial charge in [0.05, 0.1) is 11.6 Å². The molecule has 6 nitrogen and oxygen atoms in total. The lowest BCUT2D eigenvalue weighted by Crippen LogP contribution is -2.22. The highest BCUT2D eigenvalue weighted by molar-refractivity contribution is 8.04. The summed E-state index contributed by atoms with van der Waals surface area (Å²) in [5.74, 6) is 2.23. The summed E-state index contributed by atoms with van der Waals surface area (Å²) in [4.78, 5) is 18.1. The van der Waals surface area contributed by atoms with Crippen LogP contribution in [0, 0.1) is 0 Å². The third-order valence-corrected chi connectivity index (χ3v) is 4.22. The van der Waals surface area contributed by atoms with Crippen molar-refractivity contribution in [1.29, 1.82) is 0 Å². The number of nitrogens with two attached hydrogens (primary N) is 1. The number of carbonyl (C=O) groups is 1. The number of thioether (sulfide) groups is 1. The number of benzene rings is 1. The largest absolute Gasteiger partial charge is 0.454 e. The minimum Gasteiger partial charge on any atom is -0.454 e. The number of nitrogens with zero attached hydrogens (tertiary/aromatic N) is 2.